The molecule has 176 valence electrons. The summed E-state index contributed by atoms with van der Waals surface area (Å²) in [7, 11) is 0. The molecular weight excluding hydrogens is 454 g/mol. The number of hydrogen-bond acceptors (Lipinski definition) is 7. The number of aryl methyl sites for hydroxylation is 1. The van der Waals surface area contributed by atoms with E-state index in [2.05, 4.69) is 10.4 Å². The van der Waals surface area contributed by atoms with Crippen LogP contribution >= 0.6 is 0 Å². The predicted octanol–water partition coefficient (Wildman–Crippen LogP) is 5.10. The minimum atomic E-state index is -0.567. The first-order chi connectivity index (χ1) is 16.8. The fourth-order valence-electron chi connectivity index (χ4n) is 3.37. The molecule has 0 atom stereocenters. The van der Waals surface area contributed by atoms with Gasteiger partial charge in [0, 0.05) is 17.7 Å². The third-order valence-electron chi connectivity index (χ3n) is 4.95. The van der Waals surface area contributed by atoms with Crippen molar-refractivity contribution < 1.29 is 19.4 Å². The van der Waals surface area contributed by atoms with Gasteiger partial charge in [0.15, 0.2) is 0 Å². The number of hydrogen-bond donors (Lipinski definition) is 1. The van der Waals surface area contributed by atoms with E-state index in [0.29, 0.717) is 16.9 Å². The summed E-state index contributed by atoms with van der Waals surface area (Å²) in [6, 6.07) is 17.9. The molecule has 0 unspecified atom stereocenters. The first kappa shape index (κ1) is 23.1. The molecule has 1 heterocycles. The number of amides is 1. The number of nitrogens with one attached hydrogen (secondary N) is 1. The summed E-state index contributed by atoms with van der Waals surface area (Å²) in [5.74, 6) is 0.226. The number of aromatic nitrogens is 2. The molecule has 0 fully saturated rings. The van der Waals surface area contributed by atoms with Gasteiger partial charge in [0.2, 0.25) is 0 Å². The second kappa shape index (κ2) is 9.83. The van der Waals surface area contributed by atoms with Crippen LogP contribution in [0.5, 0.6) is 11.5 Å². The Morgan fingerprint density at radius 1 is 0.971 bits per heavy atom. The van der Waals surface area contributed by atoms with E-state index in [9.17, 15) is 25.0 Å². The standard InChI is InChI=1S/C24H19N5O6/c1-16-4-2-7-22(8-16)35-23-11-19(10-20(12-23)28(31)32)26-24(30)18-6-3-5-17(9-18)14-27-15-21(13-25-27)29(33)34/h2-13,15H,14H2,1H3,(H,26,30). The summed E-state index contributed by atoms with van der Waals surface area (Å²) in [4.78, 5) is 34.0. The van der Waals surface area contributed by atoms with Crippen LogP contribution in [0.3, 0.4) is 0 Å². The van der Waals surface area contributed by atoms with Gasteiger partial charge in [0.1, 0.15) is 23.9 Å². The van der Waals surface area contributed by atoms with Gasteiger partial charge in [-0.15, -0.1) is 0 Å². The van der Waals surface area contributed by atoms with Crippen molar-refractivity contribution in [3.05, 3.63) is 116 Å². The Hall–Kier alpha value is -5.06. The number of anilines is 1. The molecule has 35 heavy (non-hydrogen) atoms. The largest absolute Gasteiger partial charge is 0.457 e. The van der Waals surface area contributed by atoms with Gasteiger partial charge in [-0.05, 0) is 42.3 Å². The van der Waals surface area contributed by atoms with Gasteiger partial charge in [0.25, 0.3) is 11.6 Å². The lowest BCUT2D eigenvalue weighted by Gasteiger charge is -2.10. The Bertz CT molecular complexity index is 1430. The van der Waals surface area contributed by atoms with Crippen LogP contribution in [-0.4, -0.2) is 25.5 Å². The Morgan fingerprint density at radius 2 is 1.74 bits per heavy atom. The molecule has 0 saturated carbocycles. The lowest BCUT2D eigenvalue weighted by atomic mass is 10.1. The Morgan fingerprint density at radius 3 is 2.46 bits per heavy atom. The van der Waals surface area contributed by atoms with Gasteiger partial charge in [-0.1, -0.05) is 24.3 Å². The Labute approximate surface area is 198 Å². The monoisotopic (exact) mass is 473 g/mol. The Kier molecular flexibility index (Phi) is 6.49. The predicted molar refractivity (Wildman–Crippen MR) is 127 cm³/mol. The zero-order valence-corrected chi connectivity index (χ0v) is 18.5. The third-order valence-corrected chi connectivity index (χ3v) is 4.95. The molecule has 0 aliphatic carbocycles. The van der Waals surface area contributed by atoms with Crippen molar-refractivity contribution in [3.63, 3.8) is 0 Å². The summed E-state index contributed by atoms with van der Waals surface area (Å²) >= 11 is 0. The number of benzene rings is 3. The van der Waals surface area contributed by atoms with Crippen LogP contribution in [0.4, 0.5) is 17.1 Å². The zero-order chi connectivity index (χ0) is 24.9. The van der Waals surface area contributed by atoms with E-state index in [1.165, 1.54) is 29.1 Å². The molecule has 0 aliphatic heterocycles. The first-order valence-electron chi connectivity index (χ1n) is 10.4. The molecule has 1 N–H and O–H groups in total. The van der Waals surface area contributed by atoms with Crippen LogP contribution < -0.4 is 10.1 Å². The summed E-state index contributed by atoms with van der Waals surface area (Å²) in [6.07, 6.45) is 2.45. The number of rotatable bonds is 8. The van der Waals surface area contributed by atoms with E-state index < -0.39 is 15.8 Å². The summed E-state index contributed by atoms with van der Waals surface area (Å²) < 4.78 is 7.16. The summed E-state index contributed by atoms with van der Waals surface area (Å²) in [5, 5.41) is 28.9. The first-order valence-corrected chi connectivity index (χ1v) is 10.4. The molecule has 1 aromatic heterocycles. The highest BCUT2D eigenvalue weighted by Crippen LogP contribution is 2.30. The van der Waals surface area contributed by atoms with E-state index in [4.69, 9.17) is 4.74 Å². The highest BCUT2D eigenvalue weighted by atomic mass is 16.6. The van der Waals surface area contributed by atoms with Crippen molar-refractivity contribution in [2.45, 2.75) is 13.5 Å². The molecular formula is C24H19N5O6. The maximum atomic E-state index is 12.9. The molecule has 3 aromatic carbocycles. The maximum Gasteiger partial charge on any atom is 0.307 e. The van der Waals surface area contributed by atoms with Crippen molar-refractivity contribution in [2.75, 3.05) is 5.32 Å². The van der Waals surface area contributed by atoms with Crippen molar-refractivity contribution in [1.29, 1.82) is 0 Å². The molecule has 1 amide bonds. The Balaban J connectivity index is 1.53. The van der Waals surface area contributed by atoms with Crippen molar-refractivity contribution in [1.82, 2.24) is 9.78 Å². The minimum absolute atomic E-state index is 0.131. The third kappa shape index (κ3) is 5.85. The number of ether oxygens (including phenoxy) is 1. The molecule has 0 bridgehead atoms. The highest BCUT2D eigenvalue weighted by molar-refractivity contribution is 6.04. The molecule has 0 saturated heterocycles. The average molecular weight is 473 g/mol. The van der Waals surface area contributed by atoms with Crippen LogP contribution in [-0.2, 0) is 6.54 Å². The number of non-ortho nitro benzene ring substituents is 1. The maximum absolute atomic E-state index is 12.9. The van der Waals surface area contributed by atoms with Crippen LogP contribution in [0.15, 0.2) is 79.1 Å². The summed E-state index contributed by atoms with van der Waals surface area (Å²) in [5.41, 5.74) is 1.79. The van der Waals surface area contributed by atoms with Crippen molar-refractivity contribution in [2.24, 2.45) is 0 Å². The zero-order valence-electron chi connectivity index (χ0n) is 18.5. The van der Waals surface area contributed by atoms with Crippen LogP contribution in [0.25, 0.3) is 0 Å². The van der Waals surface area contributed by atoms with Gasteiger partial charge in [-0.2, -0.15) is 5.10 Å². The van der Waals surface area contributed by atoms with Crippen LogP contribution in [0.1, 0.15) is 21.5 Å². The SMILES string of the molecule is Cc1cccc(Oc2cc(NC(=O)c3cccc(Cn4cc([N+](=O)[O-])cn4)c3)cc([N+](=O)[O-])c2)c1. The molecule has 0 radical (unpaired) electrons. The number of nitrogens with zero attached hydrogens (tertiary/aromatic N) is 4. The van der Waals surface area contributed by atoms with Crippen molar-refractivity contribution in [3.8, 4) is 11.5 Å². The molecule has 4 rings (SSSR count). The quantitative estimate of drug-likeness (QED) is 0.277. The number of carbonyl (C=O) groups is 1. The molecule has 0 spiro atoms. The average Bonchev–Trinajstić information content (AvgIpc) is 3.28. The van der Waals surface area contributed by atoms with Gasteiger partial charge >= 0.3 is 5.69 Å². The lowest BCUT2D eigenvalue weighted by molar-refractivity contribution is -0.385. The normalized spacial score (nSPS) is 10.5. The van der Waals surface area contributed by atoms with Gasteiger partial charge in [0.05, 0.1) is 28.1 Å². The number of carbonyl (C=O) groups excluding carboxylic acids is 1. The van der Waals surface area contributed by atoms with Crippen LogP contribution in [0.2, 0.25) is 0 Å². The second-order valence-corrected chi connectivity index (χ2v) is 7.70. The number of nitro benzene ring substituents is 1. The fraction of sp³-hybridized carbons (Fsp3) is 0.0833. The molecule has 11 nitrogen and oxygen atoms in total. The topological polar surface area (TPSA) is 142 Å². The number of nitro groups is 2. The van der Waals surface area contributed by atoms with Gasteiger partial charge < -0.3 is 10.1 Å². The molecule has 0 aliphatic rings. The lowest BCUT2D eigenvalue weighted by Crippen LogP contribution is -2.13. The van der Waals surface area contributed by atoms with E-state index in [1.807, 2.05) is 13.0 Å². The molecule has 11 heteroatoms. The van der Waals surface area contributed by atoms with Gasteiger partial charge in [-0.25, -0.2) is 0 Å². The second-order valence-electron chi connectivity index (χ2n) is 7.70. The van der Waals surface area contributed by atoms with E-state index >= 15 is 0 Å². The van der Waals surface area contributed by atoms with Crippen LogP contribution in [0, 0.1) is 27.2 Å². The minimum Gasteiger partial charge on any atom is -0.457 e. The summed E-state index contributed by atoms with van der Waals surface area (Å²) in [6.45, 7) is 2.12. The van der Waals surface area contributed by atoms with E-state index in [-0.39, 0.29) is 29.4 Å². The van der Waals surface area contributed by atoms with Crippen molar-refractivity contribution >= 4 is 23.0 Å². The van der Waals surface area contributed by atoms with E-state index in [1.54, 1.807) is 42.5 Å². The smallest absolute Gasteiger partial charge is 0.307 e. The van der Waals surface area contributed by atoms with Gasteiger partial charge in [-0.3, -0.25) is 29.7 Å². The fourth-order valence-corrected chi connectivity index (χ4v) is 3.37. The highest BCUT2D eigenvalue weighted by Gasteiger charge is 2.15. The van der Waals surface area contributed by atoms with E-state index in [0.717, 1.165) is 11.8 Å². The molecule has 4 aromatic rings.